The molecule has 0 amide bonds. The molecule has 0 atom stereocenters. The van der Waals surface area contributed by atoms with Crippen molar-refractivity contribution in [3.05, 3.63) is 64.2 Å². The van der Waals surface area contributed by atoms with Crippen LogP contribution in [0.1, 0.15) is 48.6 Å². The van der Waals surface area contributed by atoms with E-state index in [2.05, 4.69) is 20.8 Å². The molecule has 0 saturated heterocycles. The lowest BCUT2D eigenvalue weighted by Crippen LogP contribution is -2.11. The molecule has 0 fully saturated rings. The average molecular weight is 391 g/mol. The minimum absolute atomic E-state index is 0.0543. The number of aryl methyl sites for hydroxylation is 4. The summed E-state index contributed by atoms with van der Waals surface area (Å²) < 4.78 is 0. The number of aromatic hydroxyl groups is 3. The Bertz CT molecular complexity index is 1020. The van der Waals surface area contributed by atoms with Gasteiger partial charge in [0.15, 0.2) is 0 Å². The maximum Gasteiger partial charge on any atom is 0.131 e. The Morgan fingerprint density at radius 2 is 0.862 bits per heavy atom. The number of benzene rings is 3. The van der Waals surface area contributed by atoms with Crippen molar-refractivity contribution < 1.29 is 15.3 Å². The molecule has 3 aromatic rings. The highest BCUT2D eigenvalue weighted by Crippen LogP contribution is 2.47. The predicted octanol–water partition coefficient (Wildman–Crippen LogP) is 6.67. The standard InChI is InChI=1S/C26H30O3/c1-14-8-16(3)23(27)19(10-14)21-12-18(26(5,6)7)13-22(25(21)29)20-11-15(2)9-17(4)24(20)28/h8-13,27-29H,1-7H3. The largest absolute Gasteiger partial charge is 0.507 e. The monoisotopic (exact) mass is 390 g/mol. The first-order valence-electron chi connectivity index (χ1n) is 9.88. The number of hydrogen-bond donors (Lipinski definition) is 3. The first kappa shape index (κ1) is 20.8. The lowest BCUT2D eigenvalue weighted by molar-refractivity contribution is 0.463. The van der Waals surface area contributed by atoms with Gasteiger partial charge in [-0.25, -0.2) is 0 Å². The van der Waals surface area contributed by atoms with E-state index in [4.69, 9.17) is 0 Å². The van der Waals surface area contributed by atoms with Gasteiger partial charge in [-0.15, -0.1) is 0 Å². The Morgan fingerprint density at radius 3 is 1.21 bits per heavy atom. The Balaban J connectivity index is 2.43. The summed E-state index contributed by atoms with van der Waals surface area (Å²) in [5.74, 6) is 0.374. The van der Waals surface area contributed by atoms with Crippen molar-refractivity contribution in [3.63, 3.8) is 0 Å². The van der Waals surface area contributed by atoms with Crippen LogP contribution in [-0.2, 0) is 5.41 Å². The van der Waals surface area contributed by atoms with Gasteiger partial charge in [0, 0.05) is 22.3 Å². The zero-order valence-electron chi connectivity index (χ0n) is 18.3. The topological polar surface area (TPSA) is 60.7 Å². The summed E-state index contributed by atoms with van der Waals surface area (Å²) >= 11 is 0. The van der Waals surface area contributed by atoms with E-state index < -0.39 is 0 Å². The highest BCUT2D eigenvalue weighted by atomic mass is 16.3. The van der Waals surface area contributed by atoms with Crippen LogP contribution in [0, 0.1) is 27.7 Å². The minimum atomic E-state index is -0.180. The second kappa shape index (κ2) is 7.14. The van der Waals surface area contributed by atoms with Crippen molar-refractivity contribution in [2.24, 2.45) is 0 Å². The maximum atomic E-state index is 11.3. The lowest BCUT2D eigenvalue weighted by atomic mass is 9.82. The molecule has 3 aromatic carbocycles. The first-order valence-corrected chi connectivity index (χ1v) is 9.88. The lowest BCUT2D eigenvalue weighted by Gasteiger charge is -2.24. The van der Waals surface area contributed by atoms with Crippen molar-refractivity contribution in [2.45, 2.75) is 53.9 Å². The van der Waals surface area contributed by atoms with Crippen LogP contribution in [0.3, 0.4) is 0 Å². The van der Waals surface area contributed by atoms with Gasteiger partial charge in [0.1, 0.15) is 17.2 Å². The molecule has 0 heterocycles. The second-order valence-corrected chi connectivity index (χ2v) is 9.13. The normalized spacial score (nSPS) is 11.7. The van der Waals surface area contributed by atoms with Crippen LogP contribution in [-0.4, -0.2) is 15.3 Å². The van der Waals surface area contributed by atoms with Gasteiger partial charge in [0.25, 0.3) is 0 Å². The maximum absolute atomic E-state index is 11.3. The molecule has 3 heteroatoms. The summed E-state index contributed by atoms with van der Waals surface area (Å²) in [4.78, 5) is 0. The molecule has 0 aliphatic rings. The van der Waals surface area contributed by atoms with Gasteiger partial charge >= 0.3 is 0 Å². The zero-order valence-corrected chi connectivity index (χ0v) is 18.3. The van der Waals surface area contributed by atoms with Crippen molar-refractivity contribution in [1.82, 2.24) is 0 Å². The number of rotatable bonds is 2. The van der Waals surface area contributed by atoms with Crippen molar-refractivity contribution in [2.75, 3.05) is 0 Å². The second-order valence-electron chi connectivity index (χ2n) is 9.13. The molecular weight excluding hydrogens is 360 g/mol. The highest BCUT2D eigenvalue weighted by Gasteiger charge is 2.23. The van der Waals surface area contributed by atoms with Crippen LogP contribution in [0.25, 0.3) is 22.3 Å². The molecule has 0 spiro atoms. The van der Waals surface area contributed by atoms with Crippen LogP contribution in [0.4, 0.5) is 0 Å². The molecule has 3 nitrogen and oxygen atoms in total. The third-order valence-corrected chi connectivity index (χ3v) is 5.45. The molecule has 0 radical (unpaired) electrons. The minimum Gasteiger partial charge on any atom is -0.507 e. The van der Waals surface area contributed by atoms with Crippen LogP contribution in [0.15, 0.2) is 36.4 Å². The van der Waals surface area contributed by atoms with Crippen LogP contribution in [0.2, 0.25) is 0 Å². The van der Waals surface area contributed by atoms with E-state index in [0.29, 0.717) is 22.3 Å². The third kappa shape index (κ3) is 3.82. The van der Waals surface area contributed by atoms with Crippen molar-refractivity contribution in [3.8, 4) is 39.5 Å². The smallest absolute Gasteiger partial charge is 0.131 e. The van der Waals surface area contributed by atoms with Crippen LogP contribution >= 0.6 is 0 Å². The molecule has 0 aliphatic carbocycles. The zero-order chi connectivity index (χ0) is 21.7. The summed E-state index contributed by atoms with van der Waals surface area (Å²) in [6.45, 7) is 14.0. The van der Waals surface area contributed by atoms with Gasteiger partial charge in [-0.2, -0.15) is 0 Å². The molecule has 0 unspecified atom stereocenters. The summed E-state index contributed by atoms with van der Waals surface area (Å²) in [5, 5.41) is 32.8. The first-order chi connectivity index (χ1) is 13.4. The van der Waals surface area contributed by atoms with Gasteiger partial charge in [0.2, 0.25) is 0 Å². The number of hydrogen-bond acceptors (Lipinski definition) is 3. The Labute approximate surface area is 173 Å². The Kier molecular flexibility index (Phi) is 5.12. The number of phenols is 3. The quantitative estimate of drug-likeness (QED) is 0.458. The highest BCUT2D eigenvalue weighted by molar-refractivity contribution is 5.88. The molecule has 3 rings (SSSR count). The van der Waals surface area contributed by atoms with Crippen molar-refractivity contribution >= 4 is 0 Å². The molecular formula is C26H30O3. The van der Waals surface area contributed by atoms with Gasteiger partial charge < -0.3 is 15.3 Å². The fourth-order valence-corrected chi connectivity index (χ4v) is 3.81. The average Bonchev–Trinajstić information content (AvgIpc) is 2.60. The molecule has 152 valence electrons. The molecule has 0 bridgehead atoms. The summed E-state index contributed by atoms with van der Waals surface area (Å²) in [5.41, 5.74) is 6.68. The van der Waals surface area contributed by atoms with E-state index in [1.165, 1.54) is 0 Å². The van der Waals surface area contributed by atoms with Gasteiger partial charge in [-0.3, -0.25) is 0 Å². The van der Waals surface area contributed by atoms with Gasteiger partial charge in [0.05, 0.1) is 0 Å². The van der Waals surface area contributed by atoms with Crippen molar-refractivity contribution in [1.29, 1.82) is 0 Å². The third-order valence-electron chi connectivity index (χ3n) is 5.45. The summed E-state index contributed by atoms with van der Waals surface area (Å²) in [6, 6.07) is 11.5. The fraction of sp³-hybridized carbons (Fsp3) is 0.308. The van der Waals surface area contributed by atoms with Gasteiger partial charge in [-0.1, -0.05) is 32.9 Å². The SMILES string of the molecule is Cc1cc(C)c(O)c(-c2cc(C(C)(C)C)cc(-c3cc(C)cc(C)c3O)c2O)c1. The molecule has 0 aliphatic heterocycles. The van der Waals surface area contributed by atoms with E-state index in [-0.39, 0.29) is 22.7 Å². The molecule has 3 N–H and O–H groups in total. The van der Waals surface area contributed by atoms with E-state index >= 15 is 0 Å². The van der Waals surface area contributed by atoms with E-state index in [9.17, 15) is 15.3 Å². The summed E-state index contributed by atoms with van der Waals surface area (Å²) in [6.07, 6.45) is 0. The Morgan fingerprint density at radius 1 is 0.517 bits per heavy atom. The van der Waals surface area contributed by atoms with E-state index in [1.807, 2.05) is 64.1 Å². The fourth-order valence-electron chi connectivity index (χ4n) is 3.81. The van der Waals surface area contributed by atoms with E-state index in [0.717, 1.165) is 27.8 Å². The molecule has 0 aromatic heterocycles. The summed E-state index contributed by atoms with van der Waals surface area (Å²) in [7, 11) is 0. The van der Waals surface area contributed by atoms with E-state index in [1.54, 1.807) is 0 Å². The predicted molar refractivity (Wildman–Crippen MR) is 120 cm³/mol. The van der Waals surface area contributed by atoms with Crippen LogP contribution in [0.5, 0.6) is 17.2 Å². The molecule has 0 saturated carbocycles. The Hall–Kier alpha value is -2.94. The van der Waals surface area contributed by atoms with Crippen LogP contribution < -0.4 is 0 Å². The van der Waals surface area contributed by atoms with Gasteiger partial charge in [-0.05, 0) is 85.2 Å². The molecule has 29 heavy (non-hydrogen) atoms. The number of phenolic OH excluding ortho intramolecular Hbond substituents is 3.